The lowest BCUT2D eigenvalue weighted by Gasteiger charge is -1.94. The van der Waals surface area contributed by atoms with Gasteiger partial charge in [-0.05, 0) is 6.07 Å². The van der Waals surface area contributed by atoms with Crippen molar-refractivity contribution in [3.8, 4) is 0 Å². The van der Waals surface area contributed by atoms with Crippen LogP contribution >= 0.6 is 22.6 Å². The van der Waals surface area contributed by atoms with Gasteiger partial charge in [0.05, 0.1) is 9.35 Å². The molecule has 17 heavy (non-hydrogen) atoms. The molecule has 0 spiro atoms. The van der Waals surface area contributed by atoms with E-state index in [1.807, 2.05) is 0 Å². The van der Waals surface area contributed by atoms with Crippen molar-refractivity contribution in [2.75, 3.05) is 4.43 Å². The van der Waals surface area contributed by atoms with E-state index in [9.17, 15) is 19.7 Å². The van der Waals surface area contributed by atoms with Gasteiger partial charge < -0.3 is 10.2 Å². The zero-order chi connectivity index (χ0) is 13.4. The van der Waals surface area contributed by atoms with Gasteiger partial charge in [-0.25, -0.2) is 4.79 Å². The standard InChI is InChI=1S/C7H5NO4.C2H3IO2/c9-7(10)5-3-1-2-4-6(5)8(11)12;3-1-2(4)5/h1-4H,(H,9,10);1H2,(H,4,5). The zero-order valence-corrected chi connectivity index (χ0v) is 10.5. The van der Waals surface area contributed by atoms with Crippen LogP contribution in [0.1, 0.15) is 10.4 Å². The van der Waals surface area contributed by atoms with E-state index in [0.717, 1.165) is 6.07 Å². The maximum absolute atomic E-state index is 10.4. The lowest BCUT2D eigenvalue weighted by atomic mass is 10.2. The summed E-state index contributed by atoms with van der Waals surface area (Å²) in [7, 11) is 0. The first-order valence-corrected chi connectivity index (χ1v) is 5.67. The molecule has 0 amide bonds. The summed E-state index contributed by atoms with van der Waals surface area (Å²) in [5.41, 5.74) is -0.674. The molecule has 0 bridgehead atoms. The summed E-state index contributed by atoms with van der Waals surface area (Å²) in [5.74, 6) is -2.05. The number of carboxylic acids is 2. The van der Waals surface area contributed by atoms with Gasteiger partial charge in [0.25, 0.3) is 5.69 Å². The number of aliphatic carboxylic acids is 1. The van der Waals surface area contributed by atoms with E-state index in [0.29, 0.717) is 0 Å². The minimum Gasteiger partial charge on any atom is -0.481 e. The fourth-order valence-electron chi connectivity index (χ4n) is 0.814. The van der Waals surface area contributed by atoms with Gasteiger partial charge in [-0.2, -0.15) is 0 Å². The van der Waals surface area contributed by atoms with Crippen LogP contribution in [0, 0.1) is 10.1 Å². The summed E-state index contributed by atoms with van der Waals surface area (Å²) in [5, 5.41) is 26.5. The molecule has 0 saturated heterocycles. The molecule has 0 radical (unpaired) electrons. The first-order chi connectivity index (χ1) is 7.90. The summed E-state index contributed by atoms with van der Waals surface area (Å²) in [6.07, 6.45) is 0. The molecule has 7 nitrogen and oxygen atoms in total. The third-order valence-corrected chi connectivity index (χ3v) is 2.10. The summed E-state index contributed by atoms with van der Waals surface area (Å²) < 4.78 is 0.192. The summed E-state index contributed by atoms with van der Waals surface area (Å²) in [6, 6.07) is 5.21. The van der Waals surface area contributed by atoms with Gasteiger partial charge in [-0.3, -0.25) is 14.9 Å². The van der Waals surface area contributed by atoms with Crippen LogP contribution in [-0.4, -0.2) is 31.5 Å². The number of carbonyl (C=O) groups is 2. The van der Waals surface area contributed by atoms with Gasteiger partial charge in [0.15, 0.2) is 0 Å². The predicted octanol–water partition coefficient (Wildman–Crippen LogP) is 1.80. The monoisotopic (exact) mass is 353 g/mol. The van der Waals surface area contributed by atoms with E-state index in [1.54, 1.807) is 22.6 Å². The Morgan fingerprint density at radius 3 is 2.06 bits per heavy atom. The highest BCUT2D eigenvalue weighted by molar-refractivity contribution is 14.1. The number of nitrogens with zero attached hydrogens (tertiary/aromatic N) is 1. The van der Waals surface area contributed by atoms with Gasteiger partial charge in [0.2, 0.25) is 0 Å². The second kappa shape index (κ2) is 7.54. The number of aromatic carboxylic acids is 1. The number of alkyl halides is 1. The Labute approximate surface area is 109 Å². The van der Waals surface area contributed by atoms with Crippen molar-refractivity contribution in [1.29, 1.82) is 0 Å². The van der Waals surface area contributed by atoms with Gasteiger partial charge in [0, 0.05) is 6.07 Å². The molecule has 0 aliphatic heterocycles. The van der Waals surface area contributed by atoms with E-state index < -0.39 is 16.9 Å². The number of nitro groups is 1. The molecule has 0 saturated carbocycles. The van der Waals surface area contributed by atoms with Gasteiger partial charge in [-0.1, -0.05) is 34.7 Å². The van der Waals surface area contributed by atoms with Crippen LogP contribution in [0.25, 0.3) is 0 Å². The Hall–Kier alpha value is -1.71. The van der Waals surface area contributed by atoms with Crippen LogP contribution in [0.15, 0.2) is 24.3 Å². The number of para-hydroxylation sites is 1. The average Bonchev–Trinajstić information content (AvgIpc) is 2.29. The molecule has 1 rings (SSSR count). The second-order valence-electron chi connectivity index (χ2n) is 2.61. The van der Waals surface area contributed by atoms with E-state index in [4.69, 9.17) is 10.2 Å². The molecule has 0 aliphatic carbocycles. The lowest BCUT2D eigenvalue weighted by Crippen LogP contribution is -2.01. The molecule has 0 fully saturated rings. The van der Waals surface area contributed by atoms with Gasteiger partial charge in [0.1, 0.15) is 5.56 Å². The largest absolute Gasteiger partial charge is 0.481 e. The summed E-state index contributed by atoms with van der Waals surface area (Å²) in [4.78, 5) is 29.3. The maximum atomic E-state index is 10.4. The maximum Gasteiger partial charge on any atom is 0.342 e. The number of hydrogen-bond acceptors (Lipinski definition) is 4. The molecule has 0 aliphatic rings. The Morgan fingerprint density at radius 2 is 1.76 bits per heavy atom. The Balaban J connectivity index is 0.000000437. The Kier molecular flexibility index (Phi) is 6.79. The topological polar surface area (TPSA) is 118 Å². The van der Waals surface area contributed by atoms with Crippen molar-refractivity contribution in [2.45, 2.75) is 0 Å². The second-order valence-corrected chi connectivity index (χ2v) is 3.37. The van der Waals surface area contributed by atoms with Crippen molar-refractivity contribution in [2.24, 2.45) is 0 Å². The van der Waals surface area contributed by atoms with E-state index in [-0.39, 0.29) is 15.7 Å². The Bertz CT molecular complexity index is 400. The Morgan fingerprint density at radius 1 is 1.29 bits per heavy atom. The number of benzene rings is 1. The zero-order valence-electron chi connectivity index (χ0n) is 8.37. The van der Waals surface area contributed by atoms with Gasteiger partial charge in [-0.15, -0.1) is 0 Å². The molecule has 2 N–H and O–H groups in total. The highest BCUT2D eigenvalue weighted by Gasteiger charge is 2.17. The third kappa shape index (κ3) is 5.80. The summed E-state index contributed by atoms with van der Waals surface area (Å²) >= 11 is 1.78. The molecule has 1 aromatic rings. The first-order valence-electron chi connectivity index (χ1n) is 4.14. The highest BCUT2D eigenvalue weighted by Crippen LogP contribution is 2.16. The van der Waals surface area contributed by atoms with Crippen LogP contribution in [0.3, 0.4) is 0 Å². The minimum atomic E-state index is -1.29. The third-order valence-electron chi connectivity index (χ3n) is 1.45. The lowest BCUT2D eigenvalue weighted by molar-refractivity contribution is -0.385. The van der Waals surface area contributed by atoms with Crippen LogP contribution in [0.4, 0.5) is 5.69 Å². The van der Waals surface area contributed by atoms with Crippen LogP contribution < -0.4 is 0 Å². The average molecular weight is 353 g/mol. The number of halogens is 1. The van der Waals surface area contributed by atoms with Crippen molar-refractivity contribution in [1.82, 2.24) is 0 Å². The molecule has 0 heterocycles. The number of hydrogen-bond donors (Lipinski definition) is 2. The van der Waals surface area contributed by atoms with Crippen LogP contribution in [0.5, 0.6) is 0 Å². The molecule has 8 heteroatoms. The summed E-state index contributed by atoms with van der Waals surface area (Å²) in [6.45, 7) is 0. The van der Waals surface area contributed by atoms with E-state index >= 15 is 0 Å². The molecule has 1 aromatic carbocycles. The molecule has 0 atom stereocenters. The van der Waals surface area contributed by atoms with E-state index in [1.165, 1.54) is 18.2 Å². The fraction of sp³-hybridized carbons (Fsp3) is 0.111. The van der Waals surface area contributed by atoms with Crippen LogP contribution in [0.2, 0.25) is 0 Å². The first kappa shape index (κ1) is 15.3. The van der Waals surface area contributed by atoms with Crippen molar-refractivity contribution >= 4 is 40.2 Å². The molecule has 0 unspecified atom stereocenters. The molecule has 92 valence electrons. The number of carboxylic acid groups (broad SMARTS) is 2. The molecular formula is C9H8INO6. The van der Waals surface area contributed by atoms with E-state index in [2.05, 4.69) is 0 Å². The number of rotatable bonds is 3. The highest BCUT2D eigenvalue weighted by atomic mass is 127. The van der Waals surface area contributed by atoms with Gasteiger partial charge >= 0.3 is 11.9 Å². The number of nitro benzene ring substituents is 1. The van der Waals surface area contributed by atoms with Crippen LogP contribution in [-0.2, 0) is 4.79 Å². The quantitative estimate of drug-likeness (QED) is 0.370. The SMILES string of the molecule is O=C(O)CI.O=C(O)c1ccccc1[N+](=O)[O-]. The fourth-order valence-corrected chi connectivity index (χ4v) is 0.814. The minimum absolute atomic E-state index is 0.192. The molecule has 0 aromatic heterocycles. The van der Waals surface area contributed by atoms with Crippen molar-refractivity contribution in [3.05, 3.63) is 39.9 Å². The molecular weight excluding hydrogens is 345 g/mol. The van der Waals surface area contributed by atoms with Crippen molar-refractivity contribution < 1.29 is 24.7 Å². The predicted molar refractivity (Wildman–Crippen MR) is 66.6 cm³/mol. The smallest absolute Gasteiger partial charge is 0.342 e. The normalized spacial score (nSPS) is 8.76. The van der Waals surface area contributed by atoms with Crippen molar-refractivity contribution in [3.63, 3.8) is 0 Å².